The predicted molar refractivity (Wildman–Crippen MR) is 96.5 cm³/mol. The van der Waals surface area contributed by atoms with E-state index in [2.05, 4.69) is 22.1 Å². The summed E-state index contributed by atoms with van der Waals surface area (Å²) in [5.74, 6) is 0.277. The highest BCUT2D eigenvalue weighted by Gasteiger charge is 2.52. The summed E-state index contributed by atoms with van der Waals surface area (Å²) >= 11 is 0. The molecule has 134 valence electrons. The lowest BCUT2D eigenvalue weighted by Gasteiger charge is -2.46. The van der Waals surface area contributed by atoms with Crippen molar-refractivity contribution in [3.05, 3.63) is 60.2 Å². The first-order valence-electron chi connectivity index (χ1n) is 8.99. The molecule has 2 amide bonds. The van der Waals surface area contributed by atoms with Crippen LogP contribution >= 0.6 is 0 Å². The fourth-order valence-corrected chi connectivity index (χ4v) is 4.45. The van der Waals surface area contributed by atoms with Crippen molar-refractivity contribution >= 4 is 11.8 Å². The van der Waals surface area contributed by atoms with Gasteiger partial charge >= 0.3 is 0 Å². The van der Waals surface area contributed by atoms with E-state index in [-0.39, 0.29) is 23.3 Å². The molecule has 0 unspecified atom stereocenters. The maximum atomic E-state index is 12.6. The SMILES string of the molecule is CN1C(=O)C[C@@H](c2ccccc2)C12CCN(C(=O)c1cnccn1)CC2. The molecule has 0 radical (unpaired) electrons. The number of carbonyl (C=O) groups is 2. The summed E-state index contributed by atoms with van der Waals surface area (Å²) in [6.07, 6.45) is 6.70. The zero-order valence-electron chi connectivity index (χ0n) is 14.8. The molecule has 2 aliphatic heterocycles. The van der Waals surface area contributed by atoms with Crippen LogP contribution in [0.4, 0.5) is 0 Å². The Morgan fingerprint density at radius 2 is 1.88 bits per heavy atom. The van der Waals surface area contributed by atoms with Gasteiger partial charge in [-0.25, -0.2) is 4.98 Å². The number of amides is 2. The summed E-state index contributed by atoms with van der Waals surface area (Å²) in [7, 11) is 1.91. The number of hydrogen-bond acceptors (Lipinski definition) is 4. The van der Waals surface area contributed by atoms with E-state index in [9.17, 15) is 9.59 Å². The molecule has 3 heterocycles. The largest absolute Gasteiger partial charge is 0.339 e. The topological polar surface area (TPSA) is 66.4 Å². The van der Waals surface area contributed by atoms with Gasteiger partial charge in [-0.1, -0.05) is 30.3 Å². The summed E-state index contributed by atoms with van der Waals surface area (Å²) in [4.78, 5) is 37.0. The van der Waals surface area contributed by atoms with E-state index in [1.807, 2.05) is 35.0 Å². The van der Waals surface area contributed by atoms with Crippen molar-refractivity contribution in [3.63, 3.8) is 0 Å². The highest BCUT2D eigenvalue weighted by atomic mass is 16.2. The first-order chi connectivity index (χ1) is 12.6. The van der Waals surface area contributed by atoms with Crippen LogP contribution in [-0.4, -0.2) is 57.3 Å². The van der Waals surface area contributed by atoms with Crippen molar-refractivity contribution < 1.29 is 9.59 Å². The molecule has 1 aromatic heterocycles. The second-order valence-corrected chi connectivity index (χ2v) is 7.11. The van der Waals surface area contributed by atoms with Gasteiger partial charge in [0, 0.05) is 44.9 Å². The molecule has 26 heavy (non-hydrogen) atoms. The third-order valence-corrected chi connectivity index (χ3v) is 5.97. The summed E-state index contributed by atoms with van der Waals surface area (Å²) in [5, 5.41) is 0. The van der Waals surface area contributed by atoms with E-state index in [1.165, 1.54) is 18.0 Å². The summed E-state index contributed by atoms with van der Waals surface area (Å²) in [6, 6.07) is 10.3. The van der Waals surface area contributed by atoms with Gasteiger partial charge in [0.1, 0.15) is 5.69 Å². The van der Waals surface area contributed by atoms with Crippen LogP contribution in [0.5, 0.6) is 0 Å². The Bertz CT molecular complexity index is 801. The van der Waals surface area contributed by atoms with Crippen LogP contribution in [-0.2, 0) is 4.79 Å². The molecule has 1 spiro atoms. The molecule has 1 atom stereocenters. The Hall–Kier alpha value is -2.76. The van der Waals surface area contributed by atoms with Crippen LogP contribution in [0.1, 0.15) is 41.2 Å². The number of likely N-dealkylation sites (tertiary alicyclic amines) is 2. The number of benzene rings is 1. The van der Waals surface area contributed by atoms with Crippen molar-refractivity contribution in [1.82, 2.24) is 19.8 Å². The highest BCUT2D eigenvalue weighted by molar-refractivity contribution is 5.92. The minimum absolute atomic E-state index is 0.0869. The normalized spacial score (nSPS) is 22.0. The minimum atomic E-state index is -0.211. The Kier molecular flexibility index (Phi) is 4.18. The second-order valence-electron chi connectivity index (χ2n) is 7.11. The van der Waals surface area contributed by atoms with Crippen molar-refractivity contribution in [2.45, 2.75) is 30.7 Å². The van der Waals surface area contributed by atoms with Gasteiger partial charge in [-0.3, -0.25) is 14.6 Å². The van der Waals surface area contributed by atoms with Crippen LogP contribution in [0.3, 0.4) is 0 Å². The maximum absolute atomic E-state index is 12.6. The summed E-state index contributed by atoms with van der Waals surface area (Å²) in [5.41, 5.74) is 1.37. The van der Waals surface area contributed by atoms with E-state index >= 15 is 0 Å². The van der Waals surface area contributed by atoms with E-state index in [0.717, 1.165) is 12.8 Å². The molecule has 6 heteroatoms. The minimum Gasteiger partial charge on any atom is -0.339 e. The van der Waals surface area contributed by atoms with E-state index in [4.69, 9.17) is 0 Å². The van der Waals surface area contributed by atoms with Gasteiger partial charge in [0.2, 0.25) is 5.91 Å². The van der Waals surface area contributed by atoms with Crippen molar-refractivity contribution in [3.8, 4) is 0 Å². The van der Waals surface area contributed by atoms with E-state index in [1.54, 1.807) is 6.20 Å². The average Bonchev–Trinajstić information content (AvgIpc) is 2.94. The zero-order valence-corrected chi connectivity index (χ0v) is 14.8. The highest BCUT2D eigenvalue weighted by Crippen LogP contribution is 2.48. The van der Waals surface area contributed by atoms with Crippen LogP contribution in [0.15, 0.2) is 48.9 Å². The van der Waals surface area contributed by atoms with E-state index in [0.29, 0.717) is 25.2 Å². The standard InChI is InChI=1S/C20H22N4O2/c1-23-18(25)13-16(15-5-3-2-4-6-15)20(23)7-11-24(12-8-20)19(26)17-14-21-9-10-22-17/h2-6,9-10,14,16H,7-8,11-13H2,1H3/t16-/m0/s1. The molecule has 1 aromatic carbocycles. The van der Waals surface area contributed by atoms with Gasteiger partial charge in [-0.15, -0.1) is 0 Å². The lowest BCUT2D eigenvalue weighted by atomic mass is 9.73. The lowest BCUT2D eigenvalue weighted by Crippen LogP contribution is -2.55. The molecule has 2 fully saturated rings. The third kappa shape index (κ3) is 2.66. The van der Waals surface area contributed by atoms with Gasteiger partial charge in [0.05, 0.1) is 11.7 Å². The van der Waals surface area contributed by atoms with Crippen molar-refractivity contribution in [2.24, 2.45) is 0 Å². The molecule has 4 rings (SSSR count). The number of piperidine rings is 1. The summed E-state index contributed by atoms with van der Waals surface area (Å²) in [6.45, 7) is 1.24. The first kappa shape index (κ1) is 16.7. The van der Waals surface area contributed by atoms with Crippen LogP contribution in [0, 0.1) is 0 Å². The van der Waals surface area contributed by atoms with Crippen LogP contribution < -0.4 is 0 Å². The molecular formula is C20H22N4O2. The fraction of sp³-hybridized carbons (Fsp3) is 0.400. The number of nitrogens with zero attached hydrogens (tertiary/aromatic N) is 4. The predicted octanol–water partition coefficient (Wildman–Crippen LogP) is 2.10. The molecule has 0 bridgehead atoms. The van der Waals surface area contributed by atoms with Gasteiger partial charge in [0.15, 0.2) is 0 Å². The summed E-state index contributed by atoms with van der Waals surface area (Å²) < 4.78 is 0. The monoisotopic (exact) mass is 350 g/mol. The molecular weight excluding hydrogens is 328 g/mol. The fourth-order valence-electron chi connectivity index (χ4n) is 4.45. The van der Waals surface area contributed by atoms with Crippen LogP contribution in [0.25, 0.3) is 0 Å². The van der Waals surface area contributed by atoms with Gasteiger partial charge < -0.3 is 9.80 Å². The van der Waals surface area contributed by atoms with Gasteiger partial charge in [-0.2, -0.15) is 0 Å². The molecule has 2 saturated heterocycles. The number of likely N-dealkylation sites (N-methyl/N-ethyl adjacent to an activating group) is 1. The molecule has 2 aliphatic rings. The quantitative estimate of drug-likeness (QED) is 0.832. The smallest absolute Gasteiger partial charge is 0.274 e. The Morgan fingerprint density at radius 1 is 1.15 bits per heavy atom. The number of hydrogen-bond donors (Lipinski definition) is 0. The number of carbonyl (C=O) groups excluding carboxylic acids is 2. The zero-order chi connectivity index (χ0) is 18.1. The number of aromatic nitrogens is 2. The second kappa shape index (κ2) is 6.52. The Morgan fingerprint density at radius 3 is 2.54 bits per heavy atom. The average molecular weight is 350 g/mol. The van der Waals surface area contributed by atoms with Gasteiger partial charge in [0.25, 0.3) is 5.91 Å². The Balaban J connectivity index is 1.56. The molecule has 0 aliphatic carbocycles. The maximum Gasteiger partial charge on any atom is 0.274 e. The lowest BCUT2D eigenvalue weighted by molar-refractivity contribution is -0.130. The molecule has 2 aromatic rings. The molecule has 0 saturated carbocycles. The van der Waals surface area contributed by atoms with E-state index < -0.39 is 0 Å². The number of rotatable bonds is 2. The Labute approximate surface area is 152 Å². The molecule has 6 nitrogen and oxygen atoms in total. The van der Waals surface area contributed by atoms with Gasteiger partial charge in [-0.05, 0) is 18.4 Å². The van der Waals surface area contributed by atoms with Crippen molar-refractivity contribution in [1.29, 1.82) is 0 Å². The van der Waals surface area contributed by atoms with Crippen molar-refractivity contribution in [2.75, 3.05) is 20.1 Å². The first-order valence-corrected chi connectivity index (χ1v) is 8.99. The third-order valence-electron chi connectivity index (χ3n) is 5.97. The van der Waals surface area contributed by atoms with Crippen LogP contribution in [0.2, 0.25) is 0 Å². The molecule has 0 N–H and O–H groups in total.